The molecule has 1 aromatic heterocycles. The molecule has 4 aromatic rings. The van der Waals surface area contributed by atoms with Gasteiger partial charge in [-0.2, -0.15) is 0 Å². The lowest BCUT2D eigenvalue weighted by Crippen LogP contribution is -2.26. The summed E-state index contributed by atoms with van der Waals surface area (Å²) < 4.78 is 11.5. The first kappa shape index (κ1) is 17.7. The van der Waals surface area contributed by atoms with Crippen molar-refractivity contribution >= 4 is 33.5 Å². The van der Waals surface area contributed by atoms with Gasteiger partial charge in [0.2, 0.25) is 5.89 Å². The predicted molar refractivity (Wildman–Crippen MR) is 114 cm³/mol. The average Bonchev–Trinajstić information content (AvgIpc) is 3.16. The molecule has 0 aliphatic carbocycles. The molecule has 1 aliphatic heterocycles. The molecule has 5 rings (SSSR count). The fourth-order valence-corrected chi connectivity index (χ4v) is 4.06. The summed E-state index contributed by atoms with van der Waals surface area (Å²) in [6.45, 7) is 6.20. The van der Waals surface area contributed by atoms with Gasteiger partial charge in [0.15, 0.2) is 5.58 Å². The van der Waals surface area contributed by atoms with E-state index in [9.17, 15) is 4.79 Å². The van der Waals surface area contributed by atoms with E-state index in [2.05, 4.69) is 48.0 Å². The second kappa shape index (κ2) is 6.92. The number of hydrogen-bond donors (Lipinski definition) is 0. The first-order chi connectivity index (χ1) is 14.2. The van der Waals surface area contributed by atoms with Crippen LogP contribution in [-0.4, -0.2) is 24.0 Å². The molecule has 1 aliphatic rings. The van der Waals surface area contributed by atoms with Gasteiger partial charge in [0.25, 0.3) is 0 Å². The summed E-state index contributed by atoms with van der Waals surface area (Å²) in [6, 6.07) is 18.1. The minimum absolute atomic E-state index is 0.316. The van der Waals surface area contributed by atoms with E-state index in [1.807, 2.05) is 30.3 Å². The van der Waals surface area contributed by atoms with Crippen LogP contribution in [0.2, 0.25) is 0 Å². The van der Waals surface area contributed by atoms with Crippen LogP contribution in [-0.2, 0) is 11.2 Å². The monoisotopic (exact) mass is 386 g/mol. The number of benzene rings is 3. The van der Waals surface area contributed by atoms with E-state index in [1.165, 1.54) is 5.69 Å². The zero-order valence-electron chi connectivity index (χ0n) is 16.5. The van der Waals surface area contributed by atoms with Gasteiger partial charge in [-0.15, -0.1) is 0 Å². The van der Waals surface area contributed by atoms with Crippen LogP contribution < -0.4 is 9.64 Å². The third kappa shape index (κ3) is 3.03. The summed E-state index contributed by atoms with van der Waals surface area (Å²) in [5.41, 5.74) is 3.61. The SMILES string of the molecule is CCN(CC)c1ccc2cc3c(cc2c1)OC(=O)C(c1nc2ccccc2o1)C3. The standard InChI is InChI=1S/C24H22N2O3/c1-3-26(4-2)18-10-9-15-11-17-13-19(24(27)29-22(17)14-16(15)12-18)23-25-20-7-5-6-8-21(20)28-23/h5-12,14,19H,3-4,13H2,1-2H3. The number of oxazole rings is 1. The largest absolute Gasteiger partial charge is 0.440 e. The van der Waals surface area contributed by atoms with E-state index < -0.39 is 5.92 Å². The van der Waals surface area contributed by atoms with Crippen molar-refractivity contribution < 1.29 is 13.9 Å². The molecule has 29 heavy (non-hydrogen) atoms. The Morgan fingerprint density at radius 2 is 1.86 bits per heavy atom. The number of nitrogens with zero attached hydrogens (tertiary/aromatic N) is 2. The van der Waals surface area contributed by atoms with Crippen LogP contribution in [0, 0.1) is 0 Å². The van der Waals surface area contributed by atoms with E-state index in [1.54, 1.807) is 0 Å². The number of hydrogen-bond acceptors (Lipinski definition) is 5. The highest BCUT2D eigenvalue weighted by molar-refractivity contribution is 5.91. The molecule has 0 radical (unpaired) electrons. The van der Waals surface area contributed by atoms with Crippen LogP contribution >= 0.6 is 0 Å². The van der Waals surface area contributed by atoms with Crippen molar-refractivity contribution in [3.05, 3.63) is 66.1 Å². The Labute approximate surface area is 168 Å². The van der Waals surface area contributed by atoms with E-state index in [4.69, 9.17) is 9.15 Å². The molecule has 0 N–H and O–H groups in total. The van der Waals surface area contributed by atoms with Crippen LogP contribution in [0.25, 0.3) is 21.9 Å². The highest BCUT2D eigenvalue weighted by atomic mass is 16.5. The Hall–Kier alpha value is -3.34. The third-order valence-electron chi connectivity index (χ3n) is 5.66. The van der Waals surface area contributed by atoms with Gasteiger partial charge in [0.1, 0.15) is 17.2 Å². The van der Waals surface area contributed by atoms with Crippen LogP contribution in [0.15, 0.2) is 59.0 Å². The molecule has 0 bridgehead atoms. The molecule has 0 saturated heterocycles. The predicted octanol–water partition coefficient (Wildman–Crippen LogP) is 5.07. The molecule has 5 nitrogen and oxygen atoms in total. The van der Waals surface area contributed by atoms with Crippen LogP contribution in [0.3, 0.4) is 0 Å². The van der Waals surface area contributed by atoms with Gasteiger partial charge in [-0.1, -0.05) is 18.2 Å². The van der Waals surface area contributed by atoms with E-state index in [0.717, 1.165) is 34.9 Å². The number of carbonyl (C=O) groups excluding carboxylic acids is 1. The first-order valence-electron chi connectivity index (χ1n) is 10.0. The highest BCUT2D eigenvalue weighted by Gasteiger charge is 2.34. The zero-order chi connectivity index (χ0) is 20.0. The Kier molecular flexibility index (Phi) is 4.23. The summed E-state index contributed by atoms with van der Waals surface area (Å²) in [7, 11) is 0. The maximum atomic E-state index is 12.7. The topological polar surface area (TPSA) is 55.6 Å². The zero-order valence-corrected chi connectivity index (χ0v) is 16.5. The summed E-state index contributed by atoms with van der Waals surface area (Å²) in [5, 5.41) is 2.20. The van der Waals surface area contributed by atoms with Gasteiger partial charge in [-0.3, -0.25) is 4.79 Å². The summed E-state index contributed by atoms with van der Waals surface area (Å²) >= 11 is 0. The van der Waals surface area contributed by atoms with Crippen LogP contribution in [0.1, 0.15) is 31.2 Å². The summed E-state index contributed by atoms with van der Waals surface area (Å²) in [4.78, 5) is 19.5. The quantitative estimate of drug-likeness (QED) is 0.362. The van der Waals surface area contributed by atoms with E-state index in [-0.39, 0.29) is 5.97 Å². The van der Waals surface area contributed by atoms with Gasteiger partial charge in [-0.05, 0) is 73.0 Å². The van der Waals surface area contributed by atoms with Crippen molar-refractivity contribution in [2.24, 2.45) is 0 Å². The fraction of sp³-hybridized carbons (Fsp3) is 0.250. The lowest BCUT2D eigenvalue weighted by atomic mass is 9.93. The molecule has 0 fully saturated rings. The number of aromatic nitrogens is 1. The number of esters is 1. The maximum Gasteiger partial charge on any atom is 0.324 e. The van der Waals surface area contributed by atoms with Crippen LogP contribution in [0.4, 0.5) is 5.69 Å². The van der Waals surface area contributed by atoms with Crippen molar-refractivity contribution in [3.63, 3.8) is 0 Å². The normalized spacial score (nSPS) is 16.1. The van der Waals surface area contributed by atoms with Crippen molar-refractivity contribution in [1.82, 2.24) is 4.98 Å². The Bertz CT molecular complexity index is 1190. The molecular weight excluding hydrogens is 364 g/mol. The molecule has 1 unspecified atom stereocenters. The Morgan fingerprint density at radius 1 is 1.03 bits per heavy atom. The van der Waals surface area contributed by atoms with Gasteiger partial charge in [0, 0.05) is 18.8 Å². The Balaban J connectivity index is 1.52. The van der Waals surface area contributed by atoms with Crippen molar-refractivity contribution in [1.29, 1.82) is 0 Å². The molecular formula is C24H22N2O3. The van der Waals surface area contributed by atoms with E-state index in [0.29, 0.717) is 23.6 Å². The van der Waals surface area contributed by atoms with Gasteiger partial charge in [0.05, 0.1) is 0 Å². The number of anilines is 1. The lowest BCUT2D eigenvalue weighted by Gasteiger charge is -2.23. The number of para-hydroxylation sites is 2. The average molecular weight is 386 g/mol. The van der Waals surface area contributed by atoms with Gasteiger partial charge < -0.3 is 14.1 Å². The molecule has 2 heterocycles. The number of rotatable bonds is 4. The van der Waals surface area contributed by atoms with Crippen molar-refractivity contribution in [3.8, 4) is 5.75 Å². The molecule has 0 spiro atoms. The smallest absolute Gasteiger partial charge is 0.324 e. The van der Waals surface area contributed by atoms with Gasteiger partial charge >= 0.3 is 5.97 Å². The fourth-order valence-electron chi connectivity index (χ4n) is 4.06. The number of carbonyl (C=O) groups is 1. The minimum atomic E-state index is -0.526. The molecule has 3 aromatic carbocycles. The van der Waals surface area contributed by atoms with Crippen molar-refractivity contribution in [2.45, 2.75) is 26.2 Å². The molecule has 146 valence electrons. The van der Waals surface area contributed by atoms with Gasteiger partial charge in [-0.25, -0.2) is 4.98 Å². The number of fused-ring (bicyclic) bond motifs is 3. The summed E-state index contributed by atoms with van der Waals surface area (Å²) in [6.07, 6.45) is 0.523. The highest BCUT2D eigenvalue weighted by Crippen LogP contribution is 2.37. The van der Waals surface area contributed by atoms with E-state index >= 15 is 0 Å². The molecule has 5 heteroatoms. The molecule has 1 atom stereocenters. The second-order valence-electron chi connectivity index (χ2n) is 7.36. The van der Waals surface area contributed by atoms with Crippen molar-refractivity contribution in [2.75, 3.05) is 18.0 Å². The Morgan fingerprint density at radius 3 is 2.66 bits per heavy atom. The molecule has 0 amide bonds. The maximum absolute atomic E-state index is 12.7. The first-order valence-corrected chi connectivity index (χ1v) is 10.0. The number of ether oxygens (including phenoxy) is 1. The second-order valence-corrected chi connectivity index (χ2v) is 7.36. The molecule has 0 saturated carbocycles. The van der Waals surface area contributed by atoms with Crippen LogP contribution in [0.5, 0.6) is 5.75 Å². The summed E-state index contributed by atoms with van der Waals surface area (Å²) in [5.74, 6) is 0.205. The minimum Gasteiger partial charge on any atom is -0.440 e. The lowest BCUT2D eigenvalue weighted by molar-refractivity contribution is -0.137. The third-order valence-corrected chi connectivity index (χ3v) is 5.66.